The van der Waals surface area contributed by atoms with E-state index in [1.165, 1.54) is 0 Å². The van der Waals surface area contributed by atoms with Crippen LogP contribution in [0.3, 0.4) is 0 Å². The first-order valence-electron chi connectivity index (χ1n) is 6.25. The molecule has 2 atom stereocenters. The van der Waals surface area contributed by atoms with Crippen molar-refractivity contribution in [3.8, 4) is 5.75 Å². The first-order chi connectivity index (χ1) is 9.19. The lowest BCUT2D eigenvalue weighted by atomic mass is 10.2. The average molecular weight is 299 g/mol. The summed E-state index contributed by atoms with van der Waals surface area (Å²) < 4.78 is 5.39. The molecule has 0 aliphatic carbocycles. The molecular formula is C14H19ClN2O3. The first-order valence-corrected chi connectivity index (χ1v) is 6.25. The van der Waals surface area contributed by atoms with Crippen molar-refractivity contribution in [2.75, 3.05) is 18.5 Å². The highest BCUT2D eigenvalue weighted by atomic mass is 35.5. The minimum Gasteiger partial charge on any atom is -0.489 e. The number of aliphatic hydroxyl groups is 1. The highest BCUT2D eigenvalue weighted by Gasteiger charge is 2.27. The number of nitrogens with one attached hydrogen (secondary N) is 2. The fourth-order valence-corrected chi connectivity index (χ4v) is 1.96. The number of aliphatic hydroxyl groups excluding tert-OH is 1. The number of amides is 1. The van der Waals surface area contributed by atoms with E-state index in [1.807, 2.05) is 12.1 Å². The summed E-state index contributed by atoms with van der Waals surface area (Å²) in [6, 6.07) is 6.84. The fraction of sp³-hybridized carbons (Fsp3) is 0.357. The van der Waals surface area contributed by atoms with Crippen molar-refractivity contribution in [2.24, 2.45) is 0 Å². The zero-order valence-corrected chi connectivity index (χ0v) is 11.9. The number of carbonyl (C=O) groups excluding carboxylic acids is 1. The molecule has 0 radical (unpaired) electrons. The number of β-amino-alcohol motifs (C(OH)–C–C–N with tert-alkyl or cyclic N) is 1. The third kappa shape index (κ3) is 4.52. The van der Waals surface area contributed by atoms with Crippen molar-refractivity contribution in [1.82, 2.24) is 5.32 Å². The predicted molar refractivity (Wildman–Crippen MR) is 80.4 cm³/mol. The van der Waals surface area contributed by atoms with Crippen LogP contribution in [0.15, 0.2) is 36.9 Å². The maximum absolute atomic E-state index is 11.9. The molecule has 1 aromatic rings. The maximum Gasteiger partial charge on any atom is 0.241 e. The van der Waals surface area contributed by atoms with Gasteiger partial charge in [-0.15, -0.1) is 12.4 Å². The normalized spacial score (nSPS) is 20.9. The summed E-state index contributed by atoms with van der Waals surface area (Å²) in [5.74, 6) is 0.537. The molecule has 6 heteroatoms. The van der Waals surface area contributed by atoms with Crippen LogP contribution in [-0.4, -0.2) is 36.3 Å². The van der Waals surface area contributed by atoms with Gasteiger partial charge in [-0.05, 0) is 18.6 Å². The van der Waals surface area contributed by atoms with Crippen molar-refractivity contribution in [2.45, 2.75) is 18.6 Å². The van der Waals surface area contributed by atoms with Gasteiger partial charge in [0.05, 0.1) is 12.1 Å². The van der Waals surface area contributed by atoms with Gasteiger partial charge in [-0.1, -0.05) is 18.7 Å². The van der Waals surface area contributed by atoms with Crippen molar-refractivity contribution in [3.63, 3.8) is 0 Å². The van der Waals surface area contributed by atoms with Crippen LogP contribution in [0.5, 0.6) is 5.75 Å². The van der Waals surface area contributed by atoms with E-state index in [0.29, 0.717) is 31.0 Å². The van der Waals surface area contributed by atoms with E-state index >= 15 is 0 Å². The van der Waals surface area contributed by atoms with Crippen LogP contribution in [0.25, 0.3) is 0 Å². The Kier molecular flexibility index (Phi) is 6.51. The Bertz CT molecular complexity index is 467. The zero-order chi connectivity index (χ0) is 13.7. The number of anilines is 1. The Morgan fingerprint density at radius 3 is 3.05 bits per heavy atom. The third-order valence-electron chi connectivity index (χ3n) is 2.89. The lowest BCUT2D eigenvalue weighted by Crippen LogP contribution is -2.35. The average Bonchev–Trinajstić information content (AvgIpc) is 2.83. The van der Waals surface area contributed by atoms with Gasteiger partial charge in [0.25, 0.3) is 0 Å². The smallest absolute Gasteiger partial charge is 0.241 e. The van der Waals surface area contributed by atoms with E-state index < -0.39 is 6.10 Å². The molecule has 0 aromatic heterocycles. The van der Waals surface area contributed by atoms with Gasteiger partial charge in [0.2, 0.25) is 5.91 Å². The molecule has 1 amide bonds. The van der Waals surface area contributed by atoms with Crippen molar-refractivity contribution >= 4 is 24.0 Å². The van der Waals surface area contributed by atoms with E-state index in [9.17, 15) is 9.90 Å². The number of ether oxygens (including phenoxy) is 1. The minimum absolute atomic E-state index is 0. The zero-order valence-electron chi connectivity index (χ0n) is 11.0. The number of halogens is 1. The Labute approximate surface area is 124 Å². The van der Waals surface area contributed by atoms with Crippen LogP contribution in [0, 0.1) is 0 Å². The van der Waals surface area contributed by atoms with Crippen LogP contribution < -0.4 is 15.4 Å². The molecule has 2 rings (SSSR count). The molecule has 110 valence electrons. The van der Waals surface area contributed by atoms with Crippen molar-refractivity contribution in [3.05, 3.63) is 36.9 Å². The molecule has 0 saturated carbocycles. The Hall–Kier alpha value is -1.56. The lowest BCUT2D eigenvalue weighted by molar-refractivity contribution is -0.117. The van der Waals surface area contributed by atoms with Gasteiger partial charge in [-0.2, -0.15) is 0 Å². The molecule has 1 saturated heterocycles. The van der Waals surface area contributed by atoms with Gasteiger partial charge in [0.1, 0.15) is 12.4 Å². The summed E-state index contributed by atoms with van der Waals surface area (Å²) in [5, 5.41) is 15.2. The summed E-state index contributed by atoms with van der Waals surface area (Å²) in [6.45, 7) is 4.46. The van der Waals surface area contributed by atoms with Crippen LogP contribution in [0.2, 0.25) is 0 Å². The Morgan fingerprint density at radius 1 is 1.60 bits per heavy atom. The first kappa shape index (κ1) is 16.5. The maximum atomic E-state index is 11.9. The number of hydrogen-bond acceptors (Lipinski definition) is 4. The van der Waals surface area contributed by atoms with Crippen molar-refractivity contribution in [1.29, 1.82) is 0 Å². The molecule has 1 aliphatic heterocycles. The van der Waals surface area contributed by atoms with Gasteiger partial charge in [-0.25, -0.2) is 0 Å². The van der Waals surface area contributed by atoms with Gasteiger partial charge < -0.3 is 20.5 Å². The second kappa shape index (κ2) is 7.89. The fourth-order valence-electron chi connectivity index (χ4n) is 1.96. The second-order valence-corrected chi connectivity index (χ2v) is 4.47. The second-order valence-electron chi connectivity index (χ2n) is 4.47. The molecule has 2 unspecified atom stereocenters. The van der Waals surface area contributed by atoms with Gasteiger partial charge >= 0.3 is 0 Å². The van der Waals surface area contributed by atoms with Crippen LogP contribution >= 0.6 is 12.4 Å². The highest BCUT2D eigenvalue weighted by Crippen LogP contribution is 2.18. The van der Waals surface area contributed by atoms with E-state index in [1.54, 1.807) is 18.2 Å². The molecule has 0 bridgehead atoms. The van der Waals surface area contributed by atoms with Crippen LogP contribution in [0.4, 0.5) is 5.69 Å². The number of benzene rings is 1. The molecule has 20 heavy (non-hydrogen) atoms. The monoisotopic (exact) mass is 298 g/mol. The molecule has 1 fully saturated rings. The summed E-state index contributed by atoms with van der Waals surface area (Å²) in [6.07, 6.45) is 1.66. The van der Waals surface area contributed by atoms with Crippen LogP contribution in [0.1, 0.15) is 6.42 Å². The van der Waals surface area contributed by atoms with Gasteiger partial charge in [-0.3, -0.25) is 4.79 Å². The van der Waals surface area contributed by atoms with Gasteiger partial charge in [0, 0.05) is 18.3 Å². The molecule has 5 nitrogen and oxygen atoms in total. The third-order valence-corrected chi connectivity index (χ3v) is 2.89. The Morgan fingerprint density at radius 2 is 2.40 bits per heavy atom. The molecule has 0 spiro atoms. The number of hydrogen-bond donors (Lipinski definition) is 3. The van der Waals surface area contributed by atoms with Crippen LogP contribution in [-0.2, 0) is 4.79 Å². The summed E-state index contributed by atoms with van der Waals surface area (Å²) in [4.78, 5) is 11.9. The molecule has 3 N–H and O–H groups in total. The predicted octanol–water partition coefficient (Wildman–Crippen LogP) is 1.33. The molecule has 1 aromatic carbocycles. The summed E-state index contributed by atoms with van der Waals surface area (Å²) in [5.41, 5.74) is 0.676. The number of rotatable bonds is 5. The van der Waals surface area contributed by atoms with Crippen molar-refractivity contribution < 1.29 is 14.6 Å². The largest absolute Gasteiger partial charge is 0.489 e. The standard InChI is InChI=1S/C14H18N2O3.ClH/c1-2-6-19-12-5-3-4-10(7-12)16-14(18)13-8-11(17)9-15-13;/h2-5,7,11,13,15,17H,1,6,8-9H2,(H,16,18);1H. The quantitative estimate of drug-likeness (QED) is 0.717. The minimum atomic E-state index is -0.446. The van der Waals surface area contributed by atoms with E-state index in [2.05, 4.69) is 17.2 Å². The lowest BCUT2D eigenvalue weighted by Gasteiger charge is -2.12. The molecular weight excluding hydrogens is 280 g/mol. The van der Waals surface area contributed by atoms with E-state index in [0.717, 1.165) is 0 Å². The van der Waals surface area contributed by atoms with Gasteiger partial charge in [0.15, 0.2) is 0 Å². The summed E-state index contributed by atoms with van der Waals surface area (Å²) >= 11 is 0. The SMILES string of the molecule is C=CCOc1cccc(NC(=O)C2CC(O)CN2)c1.Cl. The highest BCUT2D eigenvalue weighted by molar-refractivity contribution is 5.95. The Balaban J connectivity index is 0.00000200. The topological polar surface area (TPSA) is 70.6 Å². The van der Waals surface area contributed by atoms with E-state index in [-0.39, 0.29) is 24.4 Å². The van der Waals surface area contributed by atoms with E-state index in [4.69, 9.17) is 4.74 Å². The molecule has 1 heterocycles. The summed E-state index contributed by atoms with van der Waals surface area (Å²) in [7, 11) is 0. The number of carbonyl (C=O) groups is 1. The molecule has 1 aliphatic rings.